The van der Waals surface area contributed by atoms with E-state index in [1.54, 1.807) is 29.2 Å². The average molecular weight is 357 g/mol. The fourth-order valence-corrected chi connectivity index (χ4v) is 2.78. The van der Waals surface area contributed by atoms with E-state index in [0.717, 1.165) is 0 Å². The summed E-state index contributed by atoms with van der Waals surface area (Å²) in [5.74, 6) is -0.140. The number of benzene rings is 1. The summed E-state index contributed by atoms with van der Waals surface area (Å²) >= 11 is 5.80. The van der Waals surface area contributed by atoms with Gasteiger partial charge in [0.2, 0.25) is 5.91 Å². The van der Waals surface area contributed by atoms with Gasteiger partial charge in [-0.1, -0.05) is 11.6 Å². The van der Waals surface area contributed by atoms with Gasteiger partial charge in [0.25, 0.3) is 5.91 Å². The molecule has 1 fully saturated rings. The minimum atomic E-state index is -0.908. The zero-order valence-electron chi connectivity index (χ0n) is 13.5. The molecule has 1 saturated heterocycles. The van der Waals surface area contributed by atoms with E-state index in [1.165, 1.54) is 7.11 Å². The standard InChI is InChI=1S/C16H21ClN2O5/c1-22-11-16(8-14(18)20)10-19(6-7-24-16)15(21)9-23-13-4-2-12(17)3-5-13/h2-5H,6-11H2,1H3,(H2,18,20)/t16-/m1/s1. The Labute approximate surface area is 145 Å². The maximum atomic E-state index is 12.4. The van der Waals surface area contributed by atoms with Crippen molar-refractivity contribution >= 4 is 23.4 Å². The normalized spacial score (nSPS) is 20.7. The lowest BCUT2D eigenvalue weighted by Crippen LogP contribution is -2.58. The molecule has 0 saturated carbocycles. The van der Waals surface area contributed by atoms with Crippen molar-refractivity contribution in [3.8, 4) is 5.75 Å². The Hall–Kier alpha value is -1.83. The van der Waals surface area contributed by atoms with Crippen LogP contribution >= 0.6 is 11.6 Å². The third kappa shape index (κ3) is 5.09. The molecule has 2 N–H and O–H groups in total. The van der Waals surface area contributed by atoms with Gasteiger partial charge in [-0.05, 0) is 24.3 Å². The Balaban J connectivity index is 1.95. The molecule has 1 aliphatic heterocycles. The molecule has 2 amide bonds. The van der Waals surface area contributed by atoms with E-state index in [1.807, 2.05) is 0 Å². The molecule has 2 rings (SSSR count). The van der Waals surface area contributed by atoms with Crippen LogP contribution in [-0.2, 0) is 19.1 Å². The first-order valence-corrected chi connectivity index (χ1v) is 7.89. The number of ether oxygens (including phenoxy) is 3. The van der Waals surface area contributed by atoms with Crippen LogP contribution in [0.1, 0.15) is 6.42 Å². The number of amides is 2. The summed E-state index contributed by atoms with van der Waals surface area (Å²) in [6.07, 6.45) is -0.0112. The molecule has 1 atom stereocenters. The molecule has 1 heterocycles. The number of methoxy groups -OCH3 is 1. The largest absolute Gasteiger partial charge is 0.484 e. The molecule has 0 unspecified atom stereocenters. The van der Waals surface area contributed by atoms with E-state index in [-0.39, 0.29) is 32.1 Å². The topological polar surface area (TPSA) is 91.1 Å². The minimum absolute atomic E-state index is 0.0112. The Bertz CT molecular complexity index is 576. The van der Waals surface area contributed by atoms with Gasteiger partial charge in [-0.2, -0.15) is 0 Å². The van der Waals surface area contributed by atoms with Crippen molar-refractivity contribution < 1.29 is 23.8 Å². The molecule has 1 aromatic carbocycles. The van der Waals surface area contributed by atoms with Gasteiger partial charge in [0, 0.05) is 18.7 Å². The van der Waals surface area contributed by atoms with Crippen LogP contribution in [-0.4, -0.2) is 62.3 Å². The van der Waals surface area contributed by atoms with E-state index in [9.17, 15) is 9.59 Å². The molecule has 0 bridgehead atoms. The van der Waals surface area contributed by atoms with Crippen LogP contribution in [0.25, 0.3) is 0 Å². The number of rotatable bonds is 7. The Morgan fingerprint density at radius 2 is 2.08 bits per heavy atom. The smallest absolute Gasteiger partial charge is 0.260 e. The van der Waals surface area contributed by atoms with E-state index >= 15 is 0 Å². The lowest BCUT2D eigenvalue weighted by molar-refractivity contribution is -0.167. The quantitative estimate of drug-likeness (QED) is 0.781. The monoisotopic (exact) mass is 356 g/mol. The number of nitrogens with two attached hydrogens (primary N) is 1. The maximum absolute atomic E-state index is 12.4. The predicted octanol–water partition coefficient (Wildman–Crippen LogP) is 0.838. The molecule has 8 heteroatoms. The second kappa shape index (κ2) is 8.32. The molecule has 0 radical (unpaired) electrons. The Morgan fingerprint density at radius 1 is 1.38 bits per heavy atom. The van der Waals surface area contributed by atoms with Crippen LogP contribution in [0.2, 0.25) is 5.02 Å². The van der Waals surface area contributed by atoms with Gasteiger partial charge >= 0.3 is 0 Å². The highest BCUT2D eigenvalue weighted by molar-refractivity contribution is 6.30. The fraction of sp³-hybridized carbons (Fsp3) is 0.500. The minimum Gasteiger partial charge on any atom is -0.484 e. The van der Waals surface area contributed by atoms with Gasteiger partial charge in [0.1, 0.15) is 11.4 Å². The van der Waals surface area contributed by atoms with Gasteiger partial charge in [-0.3, -0.25) is 9.59 Å². The SMILES string of the molecule is COC[C@@]1(CC(N)=O)CN(C(=O)COc2ccc(Cl)cc2)CCO1. The first-order valence-electron chi connectivity index (χ1n) is 7.51. The van der Waals surface area contributed by atoms with Crippen LogP contribution in [0.15, 0.2) is 24.3 Å². The summed E-state index contributed by atoms with van der Waals surface area (Å²) in [6.45, 7) is 1.03. The van der Waals surface area contributed by atoms with Crippen molar-refractivity contribution in [1.29, 1.82) is 0 Å². The average Bonchev–Trinajstić information content (AvgIpc) is 2.53. The highest BCUT2D eigenvalue weighted by Gasteiger charge is 2.40. The molecule has 24 heavy (non-hydrogen) atoms. The third-order valence-corrected chi connectivity index (χ3v) is 3.93. The first kappa shape index (κ1) is 18.5. The van der Waals surface area contributed by atoms with E-state index in [2.05, 4.69) is 0 Å². The molecule has 7 nitrogen and oxygen atoms in total. The van der Waals surface area contributed by atoms with E-state index in [4.69, 9.17) is 31.5 Å². The molecule has 0 spiro atoms. The lowest BCUT2D eigenvalue weighted by Gasteiger charge is -2.41. The maximum Gasteiger partial charge on any atom is 0.260 e. The van der Waals surface area contributed by atoms with Crippen LogP contribution in [0.5, 0.6) is 5.75 Å². The van der Waals surface area contributed by atoms with Gasteiger partial charge in [-0.25, -0.2) is 0 Å². The van der Waals surface area contributed by atoms with E-state index in [0.29, 0.717) is 23.9 Å². The molecule has 132 valence electrons. The summed E-state index contributed by atoms with van der Waals surface area (Å²) in [7, 11) is 1.51. The highest BCUT2D eigenvalue weighted by Crippen LogP contribution is 2.23. The Morgan fingerprint density at radius 3 is 2.71 bits per heavy atom. The molecule has 0 aromatic heterocycles. The van der Waals surface area contributed by atoms with Crippen LogP contribution in [0.4, 0.5) is 0 Å². The third-order valence-electron chi connectivity index (χ3n) is 3.68. The van der Waals surface area contributed by atoms with Gasteiger partial charge < -0.3 is 24.8 Å². The lowest BCUT2D eigenvalue weighted by atomic mass is 9.97. The zero-order chi connectivity index (χ0) is 17.6. The van der Waals surface area contributed by atoms with Crippen molar-refractivity contribution in [1.82, 2.24) is 4.90 Å². The van der Waals surface area contributed by atoms with Crippen molar-refractivity contribution in [2.45, 2.75) is 12.0 Å². The van der Waals surface area contributed by atoms with Gasteiger partial charge in [0.15, 0.2) is 6.61 Å². The summed E-state index contributed by atoms with van der Waals surface area (Å²) in [6, 6.07) is 6.76. The van der Waals surface area contributed by atoms with Crippen molar-refractivity contribution in [2.24, 2.45) is 5.73 Å². The molecule has 1 aromatic rings. The molecular formula is C16H21ClN2O5. The van der Waals surface area contributed by atoms with Gasteiger partial charge in [0.05, 0.1) is 26.2 Å². The second-order valence-electron chi connectivity index (χ2n) is 5.67. The van der Waals surface area contributed by atoms with Crippen molar-refractivity contribution in [3.63, 3.8) is 0 Å². The fourth-order valence-electron chi connectivity index (χ4n) is 2.65. The number of hydrogen-bond donors (Lipinski definition) is 1. The second-order valence-corrected chi connectivity index (χ2v) is 6.10. The predicted molar refractivity (Wildman–Crippen MR) is 87.9 cm³/mol. The van der Waals surface area contributed by atoms with Gasteiger partial charge in [-0.15, -0.1) is 0 Å². The Kier molecular flexibility index (Phi) is 6.42. The number of primary amides is 1. The summed E-state index contributed by atoms with van der Waals surface area (Å²) in [5.41, 5.74) is 4.39. The first-order chi connectivity index (χ1) is 11.4. The van der Waals surface area contributed by atoms with Crippen LogP contribution in [0.3, 0.4) is 0 Å². The summed E-state index contributed by atoms with van der Waals surface area (Å²) in [5, 5.41) is 0.595. The summed E-state index contributed by atoms with van der Waals surface area (Å²) in [4.78, 5) is 25.3. The number of carbonyl (C=O) groups is 2. The zero-order valence-corrected chi connectivity index (χ0v) is 14.3. The van der Waals surface area contributed by atoms with E-state index < -0.39 is 11.5 Å². The highest BCUT2D eigenvalue weighted by atomic mass is 35.5. The number of morpholine rings is 1. The molecule has 1 aliphatic rings. The number of carbonyl (C=O) groups excluding carboxylic acids is 2. The summed E-state index contributed by atoms with van der Waals surface area (Å²) < 4.78 is 16.3. The number of hydrogen-bond acceptors (Lipinski definition) is 5. The molecular weight excluding hydrogens is 336 g/mol. The van der Waals surface area contributed by atoms with Crippen molar-refractivity contribution in [2.75, 3.05) is 40.0 Å². The number of halogens is 1. The molecule has 0 aliphatic carbocycles. The van der Waals surface area contributed by atoms with Crippen LogP contribution < -0.4 is 10.5 Å². The van der Waals surface area contributed by atoms with Crippen LogP contribution in [0, 0.1) is 0 Å². The number of nitrogens with zero attached hydrogens (tertiary/aromatic N) is 1. The van der Waals surface area contributed by atoms with Crippen molar-refractivity contribution in [3.05, 3.63) is 29.3 Å².